The summed E-state index contributed by atoms with van der Waals surface area (Å²) in [5, 5.41) is 24.9. The molecule has 0 radical (unpaired) electrons. The molecule has 9 N–H and O–H groups in total. The van der Waals surface area contributed by atoms with Gasteiger partial charge in [0, 0.05) is 19.2 Å². The van der Waals surface area contributed by atoms with E-state index in [4.69, 9.17) is 15.9 Å². The Morgan fingerprint density at radius 2 is 1.58 bits per heavy atom. The van der Waals surface area contributed by atoms with Crippen LogP contribution in [0.3, 0.4) is 0 Å². The Balaban J connectivity index is 1.77. The molecule has 0 saturated heterocycles. The number of benzene rings is 1. The topological polar surface area (TPSA) is 249 Å². The first kappa shape index (κ1) is 41.7. The summed E-state index contributed by atoms with van der Waals surface area (Å²) < 4.78 is 7.41. The zero-order valence-corrected chi connectivity index (χ0v) is 31.0. The van der Waals surface area contributed by atoms with Crippen molar-refractivity contribution < 1.29 is 33.5 Å². The first-order valence-electron chi connectivity index (χ1n) is 17.8. The van der Waals surface area contributed by atoms with E-state index in [1.54, 1.807) is 54.2 Å². The van der Waals surface area contributed by atoms with Crippen LogP contribution >= 0.6 is 0 Å². The van der Waals surface area contributed by atoms with Gasteiger partial charge in [-0.3, -0.25) is 28.9 Å². The molecular formula is C37H53N9O7. The lowest BCUT2D eigenvalue weighted by Crippen LogP contribution is -2.59. The molecule has 4 amide bonds. The summed E-state index contributed by atoms with van der Waals surface area (Å²) in [6.07, 6.45) is 4.74. The second kappa shape index (κ2) is 20.4. The van der Waals surface area contributed by atoms with E-state index in [0.717, 1.165) is 11.1 Å². The molecule has 2 heterocycles. The van der Waals surface area contributed by atoms with Gasteiger partial charge < -0.3 is 42.3 Å². The number of carboxylic acid groups (broad SMARTS) is 1. The average Bonchev–Trinajstić information content (AvgIpc) is 3.75. The van der Waals surface area contributed by atoms with Crippen LogP contribution in [-0.2, 0) is 32.1 Å². The lowest BCUT2D eigenvalue weighted by molar-refractivity contribution is -0.142. The van der Waals surface area contributed by atoms with Gasteiger partial charge in [0.05, 0.1) is 12.7 Å². The molecule has 0 saturated carbocycles. The van der Waals surface area contributed by atoms with Crippen LogP contribution in [0, 0.1) is 18.8 Å². The predicted molar refractivity (Wildman–Crippen MR) is 198 cm³/mol. The number of amides is 4. The Morgan fingerprint density at radius 3 is 2.19 bits per heavy atom. The summed E-state index contributed by atoms with van der Waals surface area (Å²) in [6, 6.07) is 7.51. The molecule has 3 aromatic rings. The van der Waals surface area contributed by atoms with Crippen molar-refractivity contribution in [1.29, 1.82) is 0 Å². The third kappa shape index (κ3) is 13.8. The van der Waals surface area contributed by atoms with Crippen molar-refractivity contribution >= 4 is 35.6 Å². The van der Waals surface area contributed by atoms with Crippen molar-refractivity contribution in [3.63, 3.8) is 0 Å². The lowest BCUT2D eigenvalue weighted by Gasteiger charge is -2.29. The Bertz CT molecular complexity index is 1700. The van der Waals surface area contributed by atoms with Crippen molar-refractivity contribution in [2.24, 2.45) is 28.3 Å². The molecule has 288 valence electrons. The van der Waals surface area contributed by atoms with E-state index < -0.39 is 53.8 Å². The van der Waals surface area contributed by atoms with Crippen LogP contribution in [0.2, 0.25) is 0 Å². The maximum Gasteiger partial charge on any atom is 0.326 e. The molecule has 1 aromatic carbocycles. The lowest BCUT2D eigenvalue weighted by atomic mass is 9.96. The number of nitrogens with two attached hydrogens (primary N) is 2. The van der Waals surface area contributed by atoms with Crippen molar-refractivity contribution in [3.05, 3.63) is 77.5 Å². The molecule has 0 aliphatic carbocycles. The maximum atomic E-state index is 13.8. The number of furan rings is 1. The van der Waals surface area contributed by atoms with Crippen LogP contribution in [0.5, 0.6) is 0 Å². The second-order valence-corrected chi connectivity index (χ2v) is 13.6. The number of carboxylic acids is 1. The zero-order valence-electron chi connectivity index (χ0n) is 31.0. The highest BCUT2D eigenvalue weighted by Crippen LogP contribution is 2.14. The monoisotopic (exact) mass is 735 g/mol. The van der Waals surface area contributed by atoms with E-state index in [1.807, 2.05) is 33.9 Å². The molecule has 3 rings (SSSR count). The van der Waals surface area contributed by atoms with Gasteiger partial charge in [-0.1, -0.05) is 64.4 Å². The van der Waals surface area contributed by atoms with Crippen LogP contribution in [0.1, 0.15) is 80.8 Å². The second-order valence-electron chi connectivity index (χ2n) is 13.6. The number of nitrogens with zero attached hydrogens (tertiary/aromatic N) is 3. The standard InChI is InChI=1S/C37H53N9O7/c1-6-24(5)31(35(50)44-29(36(51)52)18-25-11-8-7-9-12-25)45-33(48)28(17-22(2)3)43-32(47)27(13-10-16-40-37(38)39)42-34(49)30-15-14-26(53-30)21-46-20-23(4)19-41-46/h7-9,11-12,14-15,19-20,22,24,27-29,31H,6,10,13,16-18,21H2,1-5H3,(H,42,49)(H,43,47)(H,44,50)(H,45,48)(H,51,52)(H4,38,39,40)/t24-,27-,28-,29-,31-/m0/s1. The number of guanidine groups is 1. The number of nitrogens with one attached hydrogen (secondary N) is 4. The van der Waals surface area contributed by atoms with E-state index >= 15 is 0 Å². The van der Waals surface area contributed by atoms with Gasteiger partial charge in [0.2, 0.25) is 17.7 Å². The number of carbonyl (C=O) groups excluding carboxylic acids is 4. The van der Waals surface area contributed by atoms with Crippen LogP contribution in [0.25, 0.3) is 0 Å². The molecule has 0 aliphatic rings. The summed E-state index contributed by atoms with van der Waals surface area (Å²) in [5.74, 6) is -3.86. The Hall–Kier alpha value is -5.67. The van der Waals surface area contributed by atoms with Gasteiger partial charge in [0.15, 0.2) is 11.7 Å². The molecular weight excluding hydrogens is 682 g/mol. The van der Waals surface area contributed by atoms with Crippen molar-refractivity contribution in [1.82, 2.24) is 31.0 Å². The molecule has 0 unspecified atom stereocenters. The minimum Gasteiger partial charge on any atom is -0.480 e. The number of aromatic nitrogens is 2. The summed E-state index contributed by atoms with van der Waals surface area (Å²) in [6.45, 7) is 9.77. The van der Waals surface area contributed by atoms with Crippen molar-refractivity contribution in [3.8, 4) is 0 Å². The number of aliphatic carboxylic acids is 1. The number of aryl methyl sites for hydroxylation is 1. The van der Waals surface area contributed by atoms with Crippen LogP contribution in [-0.4, -0.2) is 81.2 Å². The van der Waals surface area contributed by atoms with Crippen molar-refractivity contribution in [2.45, 2.75) is 97.4 Å². The highest BCUT2D eigenvalue weighted by molar-refractivity contribution is 5.97. The van der Waals surface area contributed by atoms with Gasteiger partial charge >= 0.3 is 5.97 Å². The maximum absolute atomic E-state index is 13.8. The number of aliphatic imine (C=N–C) groups is 1. The SMILES string of the molecule is CC[C@H](C)[C@H](NC(=O)[C@H](CC(C)C)NC(=O)[C@H](CCCN=C(N)N)NC(=O)c1ccc(Cn2cc(C)cn2)o1)C(=O)N[C@@H](Cc1ccccc1)C(=O)O. The minimum atomic E-state index is -1.23. The molecule has 0 aliphatic heterocycles. The zero-order chi connectivity index (χ0) is 39.1. The van der Waals surface area contributed by atoms with Gasteiger partial charge in [0.1, 0.15) is 29.9 Å². The van der Waals surface area contributed by atoms with Crippen LogP contribution in [0.15, 0.2) is 64.3 Å². The Morgan fingerprint density at radius 1 is 0.906 bits per heavy atom. The van der Waals surface area contributed by atoms with Gasteiger partial charge in [0.25, 0.3) is 5.91 Å². The molecule has 0 bridgehead atoms. The third-order valence-corrected chi connectivity index (χ3v) is 8.56. The quantitative estimate of drug-likeness (QED) is 0.0475. The van der Waals surface area contributed by atoms with Gasteiger partial charge in [-0.2, -0.15) is 5.10 Å². The van der Waals surface area contributed by atoms with Gasteiger partial charge in [-0.25, -0.2) is 4.79 Å². The molecule has 2 aromatic heterocycles. The Kier molecular flexibility index (Phi) is 16.1. The average molecular weight is 736 g/mol. The molecule has 16 heteroatoms. The minimum absolute atomic E-state index is 0.0169. The fourth-order valence-corrected chi connectivity index (χ4v) is 5.54. The van der Waals surface area contributed by atoms with Crippen LogP contribution < -0.4 is 32.7 Å². The summed E-state index contributed by atoms with van der Waals surface area (Å²) >= 11 is 0. The summed E-state index contributed by atoms with van der Waals surface area (Å²) in [4.78, 5) is 70.6. The molecule has 0 fully saturated rings. The van der Waals surface area contributed by atoms with Gasteiger partial charge in [-0.15, -0.1) is 0 Å². The summed E-state index contributed by atoms with van der Waals surface area (Å²) in [7, 11) is 0. The Labute approximate surface area is 309 Å². The first-order valence-corrected chi connectivity index (χ1v) is 17.8. The molecule has 16 nitrogen and oxygen atoms in total. The number of hydrogen-bond acceptors (Lipinski definition) is 8. The number of carbonyl (C=O) groups is 5. The molecule has 0 spiro atoms. The number of rotatable bonds is 21. The van der Waals surface area contributed by atoms with Crippen LogP contribution in [0.4, 0.5) is 0 Å². The van der Waals surface area contributed by atoms with E-state index in [1.165, 1.54) is 6.07 Å². The largest absolute Gasteiger partial charge is 0.480 e. The normalized spacial score (nSPS) is 13.9. The highest BCUT2D eigenvalue weighted by atomic mass is 16.4. The fraction of sp³-hybridized carbons (Fsp3) is 0.486. The fourth-order valence-electron chi connectivity index (χ4n) is 5.54. The van der Waals surface area contributed by atoms with E-state index in [2.05, 4.69) is 31.4 Å². The van der Waals surface area contributed by atoms with Gasteiger partial charge in [-0.05, 0) is 61.3 Å². The smallest absolute Gasteiger partial charge is 0.326 e. The van der Waals surface area contributed by atoms with E-state index in [9.17, 15) is 29.1 Å². The van der Waals surface area contributed by atoms with E-state index in [0.29, 0.717) is 25.1 Å². The third-order valence-electron chi connectivity index (χ3n) is 8.56. The predicted octanol–water partition coefficient (Wildman–Crippen LogP) is 1.86. The first-order chi connectivity index (χ1) is 25.2. The molecule has 5 atom stereocenters. The van der Waals surface area contributed by atoms with E-state index in [-0.39, 0.29) is 49.4 Å². The molecule has 53 heavy (non-hydrogen) atoms. The van der Waals surface area contributed by atoms with Crippen molar-refractivity contribution in [2.75, 3.05) is 6.54 Å². The summed E-state index contributed by atoms with van der Waals surface area (Å²) in [5.41, 5.74) is 12.6. The highest BCUT2D eigenvalue weighted by Gasteiger charge is 2.34. The number of hydrogen-bond donors (Lipinski definition) is 7.